The van der Waals surface area contributed by atoms with Crippen molar-refractivity contribution in [3.8, 4) is 11.5 Å². The Kier molecular flexibility index (Phi) is 4.27. The average molecular weight is 277 g/mol. The van der Waals surface area contributed by atoms with E-state index in [4.69, 9.17) is 9.47 Å². The summed E-state index contributed by atoms with van der Waals surface area (Å²) in [5.41, 5.74) is 0.463. The van der Waals surface area contributed by atoms with Gasteiger partial charge in [0.2, 0.25) is 5.91 Å². The van der Waals surface area contributed by atoms with Crippen LogP contribution < -0.4 is 9.47 Å². The normalized spacial score (nSPS) is 17.9. The molecule has 1 atom stereocenters. The lowest BCUT2D eigenvalue weighted by atomic mass is 10.0. The first-order chi connectivity index (χ1) is 9.58. The van der Waals surface area contributed by atoms with Gasteiger partial charge >= 0.3 is 0 Å². The van der Waals surface area contributed by atoms with Gasteiger partial charge in [0.15, 0.2) is 5.78 Å². The van der Waals surface area contributed by atoms with Crippen molar-refractivity contribution in [3.05, 3.63) is 23.8 Å². The van der Waals surface area contributed by atoms with Crippen LogP contribution in [0.25, 0.3) is 0 Å². The quantitative estimate of drug-likeness (QED) is 0.789. The Bertz CT molecular complexity index is 527. The van der Waals surface area contributed by atoms with Gasteiger partial charge < -0.3 is 14.4 Å². The Morgan fingerprint density at radius 3 is 2.60 bits per heavy atom. The first kappa shape index (κ1) is 14.4. The van der Waals surface area contributed by atoms with Gasteiger partial charge in [-0.25, -0.2) is 0 Å². The van der Waals surface area contributed by atoms with Crippen LogP contribution in [0, 0.1) is 0 Å². The third-order valence-electron chi connectivity index (χ3n) is 3.63. The van der Waals surface area contributed by atoms with Crippen molar-refractivity contribution in [2.75, 3.05) is 20.8 Å². The molecule has 1 amide bonds. The van der Waals surface area contributed by atoms with Gasteiger partial charge in [0.1, 0.15) is 11.5 Å². The van der Waals surface area contributed by atoms with E-state index in [0.717, 1.165) is 6.42 Å². The van der Waals surface area contributed by atoms with Crippen LogP contribution >= 0.6 is 0 Å². The van der Waals surface area contributed by atoms with E-state index in [9.17, 15) is 9.59 Å². The van der Waals surface area contributed by atoms with Crippen LogP contribution in [0.4, 0.5) is 0 Å². The van der Waals surface area contributed by atoms with Crippen molar-refractivity contribution >= 4 is 11.7 Å². The van der Waals surface area contributed by atoms with E-state index in [2.05, 4.69) is 0 Å². The molecule has 1 aliphatic rings. The minimum absolute atomic E-state index is 0.0669. The summed E-state index contributed by atoms with van der Waals surface area (Å²) >= 11 is 0. The molecule has 0 aromatic heterocycles. The summed E-state index contributed by atoms with van der Waals surface area (Å²) in [6.45, 7) is 2.13. The van der Waals surface area contributed by atoms with Gasteiger partial charge in [0.05, 0.1) is 25.8 Å². The number of Topliss-reactive ketones (excluding diaryl/α,β-unsaturated/α-hetero) is 1. The minimum Gasteiger partial charge on any atom is -0.497 e. The Morgan fingerprint density at radius 1 is 1.25 bits per heavy atom. The highest BCUT2D eigenvalue weighted by Gasteiger charge is 2.34. The number of ether oxygens (including phenoxy) is 2. The first-order valence-electron chi connectivity index (χ1n) is 6.62. The summed E-state index contributed by atoms with van der Waals surface area (Å²) in [5, 5.41) is 0. The van der Waals surface area contributed by atoms with Crippen molar-refractivity contribution in [1.82, 2.24) is 4.90 Å². The zero-order valence-corrected chi connectivity index (χ0v) is 12.0. The SMILES string of the molecule is COc1ccc(OC)c(C(=O)C2CCCN2C(C)=O)c1. The fourth-order valence-corrected chi connectivity index (χ4v) is 2.60. The fraction of sp³-hybridized carbons (Fsp3) is 0.467. The minimum atomic E-state index is -0.395. The molecule has 0 spiro atoms. The number of hydrogen-bond donors (Lipinski definition) is 0. The van der Waals surface area contributed by atoms with Crippen molar-refractivity contribution in [3.63, 3.8) is 0 Å². The highest BCUT2D eigenvalue weighted by molar-refractivity contribution is 6.04. The van der Waals surface area contributed by atoms with Gasteiger partial charge in [-0.15, -0.1) is 0 Å². The van der Waals surface area contributed by atoms with Gasteiger partial charge in [-0.2, -0.15) is 0 Å². The standard InChI is InChI=1S/C15H19NO4/c1-10(17)16-8-4-5-13(16)15(18)12-9-11(19-2)6-7-14(12)20-3/h6-7,9,13H,4-5,8H2,1-3H3. The van der Waals surface area contributed by atoms with E-state index >= 15 is 0 Å². The highest BCUT2D eigenvalue weighted by Crippen LogP contribution is 2.29. The number of benzene rings is 1. The zero-order valence-electron chi connectivity index (χ0n) is 12.0. The molecule has 1 aromatic rings. The number of rotatable bonds is 4. The second-order valence-corrected chi connectivity index (χ2v) is 4.80. The molecule has 1 aromatic carbocycles. The number of carbonyl (C=O) groups excluding carboxylic acids is 2. The lowest BCUT2D eigenvalue weighted by Gasteiger charge is -2.23. The lowest BCUT2D eigenvalue weighted by Crippen LogP contribution is -2.39. The fourth-order valence-electron chi connectivity index (χ4n) is 2.60. The van der Waals surface area contributed by atoms with Crippen LogP contribution in [0.2, 0.25) is 0 Å². The molecule has 2 rings (SSSR count). The third-order valence-corrected chi connectivity index (χ3v) is 3.63. The molecule has 0 bridgehead atoms. The van der Waals surface area contributed by atoms with Gasteiger partial charge in [0.25, 0.3) is 0 Å². The molecule has 108 valence electrons. The summed E-state index contributed by atoms with van der Waals surface area (Å²) < 4.78 is 10.4. The van der Waals surface area contributed by atoms with E-state index in [1.807, 2.05) is 0 Å². The second-order valence-electron chi connectivity index (χ2n) is 4.80. The van der Waals surface area contributed by atoms with E-state index in [1.165, 1.54) is 14.0 Å². The van der Waals surface area contributed by atoms with Crippen molar-refractivity contribution in [1.29, 1.82) is 0 Å². The zero-order chi connectivity index (χ0) is 14.7. The third kappa shape index (κ3) is 2.61. The molecule has 0 N–H and O–H groups in total. The van der Waals surface area contributed by atoms with Crippen LogP contribution in [-0.2, 0) is 4.79 Å². The number of likely N-dealkylation sites (tertiary alicyclic amines) is 1. The maximum atomic E-state index is 12.7. The number of methoxy groups -OCH3 is 2. The largest absolute Gasteiger partial charge is 0.497 e. The van der Waals surface area contributed by atoms with Gasteiger partial charge in [-0.3, -0.25) is 9.59 Å². The van der Waals surface area contributed by atoms with Crippen molar-refractivity contribution in [2.24, 2.45) is 0 Å². The smallest absolute Gasteiger partial charge is 0.220 e. The molecule has 0 saturated carbocycles. The second kappa shape index (κ2) is 5.94. The molecule has 0 radical (unpaired) electrons. The molecular formula is C15H19NO4. The summed E-state index contributed by atoms with van der Waals surface area (Å²) in [5.74, 6) is 0.948. The molecule has 1 unspecified atom stereocenters. The van der Waals surface area contributed by atoms with Crippen molar-refractivity contribution in [2.45, 2.75) is 25.8 Å². The predicted octanol–water partition coefficient (Wildman–Crippen LogP) is 1.90. The molecule has 1 heterocycles. The van der Waals surface area contributed by atoms with E-state index in [1.54, 1.807) is 30.2 Å². The lowest BCUT2D eigenvalue weighted by molar-refractivity contribution is -0.128. The molecule has 0 aliphatic carbocycles. The van der Waals surface area contributed by atoms with Crippen LogP contribution in [0.5, 0.6) is 11.5 Å². The summed E-state index contributed by atoms with van der Waals surface area (Å²) in [6.07, 6.45) is 1.54. The molecule has 1 aliphatic heterocycles. The number of carbonyl (C=O) groups is 2. The molecule has 1 fully saturated rings. The average Bonchev–Trinajstić information content (AvgIpc) is 2.95. The Balaban J connectivity index is 2.34. The van der Waals surface area contributed by atoms with E-state index in [0.29, 0.717) is 30.0 Å². The van der Waals surface area contributed by atoms with Gasteiger partial charge in [0, 0.05) is 13.5 Å². The van der Waals surface area contributed by atoms with Gasteiger partial charge in [-0.1, -0.05) is 0 Å². The summed E-state index contributed by atoms with van der Waals surface area (Å²) in [4.78, 5) is 25.9. The van der Waals surface area contributed by atoms with Crippen LogP contribution in [0.15, 0.2) is 18.2 Å². The van der Waals surface area contributed by atoms with Gasteiger partial charge in [-0.05, 0) is 31.0 Å². The highest BCUT2D eigenvalue weighted by atomic mass is 16.5. The number of nitrogens with zero attached hydrogens (tertiary/aromatic N) is 1. The number of hydrogen-bond acceptors (Lipinski definition) is 4. The summed E-state index contributed by atoms with van der Waals surface area (Å²) in [7, 11) is 3.07. The Hall–Kier alpha value is -2.04. The topological polar surface area (TPSA) is 55.8 Å². The van der Waals surface area contributed by atoms with Crippen LogP contribution in [0.3, 0.4) is 0 Å². The number of ketones is 1. The predicted molar refractivity (Wildman–Crippen MR) is 74.3 cm³/mol. The molecular weight excluding hydrogens is 258 g/mol. The van der Waals surface area contributed by atoms with E-state index < -0.39 is 6.04 Å². The number of amides is 1. The maximum Gasteiger partial charge on any atom is 0.220 e. The van der Waals surface area contributed by atoms with Crippen LogP contribution in [0.1, 0.15) is 30.1 Å². The van der Waals surface area contributed by atoms with E-state index in [-0.39, 0.29) is 11.7 Å². The Morgan fingerprint density at radius 2 is 2.00 bits per heavy atom. The molecule has 20 heavy (non-hydrogen) atoms. The maximum absolute atomic E-state index is 12.7. The molecule has 1 saturated heterocycles. The van der Waals surface area contributed by atoms with Crippen molar-refractivity contribution < 1.29 is 19.1 Å². The molecule has 5 nitrogen and oxygen atoms in total. The summed E-state index contributed by atoms with van der Waals surface area (Å²) in [6, 6.07) is 4.72. The molecule has 5 heteroatoms. The first-order valence-corrected chi connectivity index (χ1v) is 6.62. The Labute approximate surface area is 118 Å². The monoisotopic (exact) mass is 277 g/mol. The van der Waals surface area contributed by atoms with Crippen LogP contribution in [-0.4, -0.2) is 43.4 Å².